The van der Waals surface area contributed by atoms with Crippen LogP contribution in [-0.4, -0.2) is 26.1 Å². The second-order valence-corrected chi connectivity index (χ2v) is 5.48. The van der Waals surface area contributed by atoms with E-state index in [0.29, 0.717) is 0 Å². The Kier molecular flexibility index (Phi) is 4.10. The molecule has 2 aromatic rings. The van der Waals surface area contributed by atoms with Crippen LogP contribution in [0.5, 0.6) is 0 Å². The summed E-state index contributed by atoms with van der Waals surface area (Å²) in [6.45, 7) is 9.95. The van der Waals surface area contributed by atoms with Crippen molar-refractivity contribution in [1.82, 2.24) is 24.9 Å². The first-order valence-corrected chi connectivity index (χ1v) is 7.21. The molecular weight excluding hydrogens is 306 g/mol. The minimum Gasteiger partial charge on any atom is -0.313 e. The van der Waals surface area contributed by atoms with Gasteiger partial charge in [0.1, 0.15) is 0 Å². The molecule has 2 heterocycles. The summed E-state index contributed by atoms with van der Waals surface area (Å²) in [5.41, 5.74) is 4.33. The third kappa shape index (κ3) is 2.47. The summed E-state index contributed by atoms with van der Waals surface area (Å²) in [6.07, 6.45) is 0. The fourth-order valence-electron chi connectivity index (χ4n) is 2.24. The standard InChI is InChI=1S/C13H20BrN5/c1-6-15-7-11-8(2)16-18(5)13(11)19-10(4)12(14)9(3)17-19/h15H,6-7H2,1-5H3. The van der Waals surface area contributed by atoms with Crippen LogP contribution in [-0.2, 0) is 13.6 Å². The van der Waals surface area contributed by atoms with E-state index in [1.807, 2.05) is 30.3 Å². The van der Waals surface area contributed by atoms with Crippen LogP contribution in [0.3, 0.4) is 0 Å². The predicted molar refractivity (Wildman–Crippen MR) is 79.6 cm³/mol. The first-order valence-electron chi connectivity index (χ1n) is 6.42. The van der Waals surface area contributed by atoms with Gasteiger partial charge in [-0.15, -0.1) is 0 Å². The summed E-state index contributed by atoms with van der Waals surface area (Å²) in [5.74, 6) is 1.03. The number of nitrogens with zero attached hydrogens (tertiary/aromatic N) is 4. The van der Waals surface area contributed by atoms with E-state index in [9.17, 15) is 0 Å². The van der Waals surface area contributed by atoms with Crippen LogP contribution < -0.4 is 5.32 Å². The molecule has 0 fully saturated rings. The van der Waals surface area contributed by atoms with E-state index in [-0.39, 0.29) is 0 Å². The number of hydrogen-bond donors (Lipinski definition) is 1. The number of halogens is 1. The lowest BCUT2D eigenvalue weighted by molar-refractivity contribution is 0.669. The summed E-state index contributed by atoms with van der Waals surface area (Å²) in [4.78, 5) is 0. The van der Waals surface area contributed by atoms with Gasteiger partial charge >= 0.3 is 0 Å². The highest BCUT2D eigenvalue weighted by molar-refractivity contribution is 9.10. The Hall–Kier alpha value is -1.14. The molecule has 0 unspecified atom stereocenters. The van der Waals surface area contributed by atoms with Crippen molar-refractivity contribution in [3.05, 3.63) is 27.1 Å². The lowest BCUT2D eigenvalue weighted by atomic mass is 10.2. The summed E-state index contributed by atoms with van der Waals surface area (Å²) in [5, 5.41) is 12.5. The number of nitrogens with one attached hydrogen (secondary N) is 1. The SMILES string of the molecule is CCNCc1c(C)nn(C)c1-n1nc(C)c(Br)c1C. The van der Waals surface area contributed by atoms with E-state index >= 15 is 0 Å². The van der Waals surface area contributed by atoms with E-state index in [1.165, 1.54) is 5.56 Å². The maximum atomic E-state index is 4.60. The zero-order chi connectivity index (χ0) is 14.2. The van der Waals surface area contributed by atoms with Crippen LogP contribution in [0.1, 0.15) is 29.6 Å². The molecular formula is C13H20BrN5. The lowest BCUT2D eigenvalue weighted by Gasteiger charge is -2.09. The van der Waals surface area contributed by atoms with E-state index in [0.717, 1.165) is 40.5 Å². The second-order valence-electron chi connectivity index (χ2n) is 4.69. The average Bonchev–Trinajstić information content (AvgIpc) is 2.78. The van der Waals surface area contributed by atoms with Crippen molar-refractivity contribution in [2.24, 2.45) is 7.05 Å². The van der Waals surface area contributed by atoms with Gasteiger partial charge in [-0.05, 0) is 43.2 Å². The Labute approximate surface area is 122 Å². The van der Waals surface area contributed by atoms with E-state index < -0.39 is 0 Å². The molecule has 0 spiro atoms. The van der Waals surface area contributed by atoms with Crippen molar-refractivity contribution in [2.45, 2.75) is 34.2 Å². The van der Waals surface area contributed by atoms with Gasteiger partial charge in [-0.3, -0.25) is 4.68 Å². The van der Waals surface area contributed by atoms with E-state index in [1.54, 1.807) is 0 Å². The van der Waals surface area contributed by atoms with Crippen molar-refractivity contribution in [2.75, 3.05) is 6.54 Å². The fourth-order valence-corrected chi connectivity index (χ4v) is 2.49. The average molecular weight is 326 g/mol. The fraction of sp³-hybridized carbons (Fsp3) is 0.538. The Morgan fingerprint density at radius 3 is 2.37 bits per heavy atom. The summed E-state index contributed by atoms with van der Waals surface area (Å²) >= 11 is 3.58. The third-order valence-electron chi connectivity index (χ3n) is 3.27. The van der Waals surface area contributed by atoms with E-state index in [4.69, 9.17) is 0 Å². The Morgan fingerprint density at radius 2 is 1.84 bits per heavy atom. The van der Waals surface area contributed by atoms with E-state index in [2.05, 4.69) is 45.3 Å². The topological polar surface area (TPSA) is 47.7 Å². The highest BCUT2D eigenvalue weighted by atomic mass is 79.9. The van der Waals surface area contributed by atoms with Crippen LogP contribution in [0.25, 0.3) is 5.82 Å². The molecule has 19 heavy (non-hydrogen) atoms. The molecule has 0 aliphatic carbocycles. The van der Waals surface area contributed by atoms with Crippen LogP contribution >= 0.6 is 15.9 Å². The van der Waals surface area contributed by atoms with Gasteiger partial charge in [0.2, 0.25) is 0 Å². The van der Waals surface area contributed by atoms with Gasteiger partial charge in [0, 0.05) is 19.2 Å². The van der Waals surface area contributed by atoms with Crippen LogP contribution in [0.2, 0.25) is 0 Å². The van der Waals surface area contributed by atoms with Gasteiger partial charge in [-0.2, -0.15) is 10.2 Å². The molecule has 0 saturated heterocycles. The zero-order valence-corrected chi connectivity index (χ0v) is 13.7. The molecule has 0 radical (unpaired) electrons. The molecule has 0 aliphatic heterocycles. The molecule has 0 aromatic carbocycles. The van der Waals surface area contributed by atoms with Crippen molar-refractivity contribution in [3.8, 4) is 5.82 Å². The second kappa shape index (κ2) is 5.46. The Balaban J connectivity index is 2.57. The molecule has 6 heteroatoms. The van der Waals surface area contributed by atoms with Gasteiger partial charge in [0.15, 0.2) is 5.82 Å². The highest BCUT2D eigenvalue weighted by Gasteiger charge is 2.19. The van der Waals surface area contributed by atoms with Crippen LogP contribution in [0.4, 0.5) is 0 Å². The quantitative estimate of drug-likeness (QED) is 0.939. The Morgan fingerprint density at radius 1 is 1.16 bits per heavy atom. The minimum absolute atomic E-state index is 0.807. The predicted octanol–water partition coefficient (Wildman–Crippen LogP) is 2.40. The number of aryl methyl sites for hydroxylation is 3. The number of aromatic nitrogens is 4. The molecule has 5 nitrogen and oxygen atoms in total. The number of hydrogen-bond acceptors (Lipinski definition) is 3. The van der Waals surface area contributed by atoms with Crippen LogP contribution in [0, 0.1) is 20.8 Å². The number of rotatable bonds is 4. The molecule has 0 amide bonds. The summed E-state index contributed by atoms with van der Waals surface area (Å²) in [7, 11) is 1.96. The highest BCUT2D eigenvalue weighted by Crippen LogP contribution is 2.25. The van der Waals surface area contributed by atoms with Gasteiger partial charge in [0.05, 0.1) is 21.6 Å². The Bertz CT molecular complexity index is 597. The monoisotopic (exact) mass is 325 g/mol. The maximum Gasteiger partial charge on any atom is 0.156 e. The molecule has 1 N–H and O–H groups in total. The molecule has 2 aromatic heterocycles. The van der Waals surface area contributed by atoms with Gasteiger partial charge in [0.25, 0.3) is 0 Å². The first-order chi connectivity index (χ1) is 8.97. The largest absolute Gasteiger partial charge is 0.313 e. The molecule has 0 bridgehead atoms. The van der Waals surface area contributed by atoms with Gasteiger partial charge in [-0.25, -0.2) is 4.68 Å². The smallest absolute Gasteiger partial charge is 0.156 e. The first kappa shape index (κ1) is 14.3. The molecule has 0 atom stereocenters. The normalized spacial score (nSPS) is 11.3. The van der Waals surface area contributed by atoms with Crippen molar-refractivity contribution < 1.29 is 0 Å². The summed E-state index contributed by atoms with van der Waals surface area (Å²) < 4.78 is 4.92. The molecule has 0 saturated carbocycles. The molecule has 104 valence electrons. The molecule has 0 aliphatic rings. The third-order valence-corrected chi connectivity index (χ3v) is 4.42. The van der Waals surface area contributed by atoms with Crippen molar-refractivity contribution in [3.63, 3.8) is 0 Å². The van der Waals surface area contributed by atoms with Gasteiger partial charge in [-0.1, -0.05) is 6.92 Å². The maximum absolute atomic E-state index is 4.60. The van der Waals surface area contributed by atoms with Gasteiger partial charge < -0.3 is 5.32 Å². The lowest BCUT2D eigenvalue weighted by Crippen LogP contribution is -2.15. The van der Waals surface area contributed by atoms with Crippen LogP contribution in [0.15, 0.2) is 4.47 Å². The summed E-state index contributed by atoms with van der Waals surface area (Å²) in [6, 6.07) is 0. The zero-order valence-electron chi connectivity index (χ0n) is 12.1. The van der Waals surface area contributed by atoms with Crippen molar-refractivity contribution >= 4 is 15.9 Å². The minimum atomic E-state index is 0.807. The van der Waals surface area contributed by atoms with Crippen molar-refractivity contribution in [1.29, 1.82) is 0 Å². The molecule has 2 rings (SSSR count).